The third-order valence-corrected chi connectivity index (χ3v) is 0.596. The molecule has 5 radical (unpaired) electrons. The zero-order valence-corrected chi connectivity index (χ0v) is 10.6. The SMILES string of the molecule is C.C.CC(C)[N-]C(C)C.N.[B].[B]N.[Li+].[Li+].[NH2-]. The maximum Gasteiger partial charge on any atom is 1.00 e. The van der Waals surface area contributed by atoms with Crippen molar-refractivity contribution in [2.24, 2.45) is 5.64 Å². The first-order chi connectivity index (χ1) is 4.13. The van der Waals surface area contributed by atoms with Gasteiger partial charge in [0.1, 0.15) is 0 Å². The average molecular weight is 217 g/mol. The van der Waals surface area contributed by atoms with Gasteiger partial charge in [0.25, 0.3) is 0 Å². The standard InChI is InChI=1S/C6H14N.2CH4.BH2N.B.2Li.H3N.H2N/c1-5(2)7-6(3)4;;;1-2;;;;;/h5-6H,1-4H3;2*1H4;2H2;;;;1H3;1H2/q-1;;;;;2*+1;;-1. The van der Waals surface area contributed by atoms with Gasteiger partial charge < -0.3 is 23.3 Å². The van der Waals surface area contributed by atoms with E-state index < -0.39 is 0 Å². The first kappa shape index (κ1) is 67.3. The number of nitrogens with zero attached hydrogens (tertiary/aromatic N) is 1. The van der Waals surface area contributed by atoms with Crippen LogP contribution in [0.2, 0.25) is 0 Å². The number of hydrogen-bond donors (Lipinski definition) is 2. The summed E-state index contributed by atoms with van der Waals surface area (Å²) in [5, 5.41) is 4.28. The molecule has 0 amide bonds. The predicted octanol–water partition coefficient (Wildman–Crippen LogP) is -3.02. The average Bonchev–Trinajstić information content (AvgIpc) is 1.68. The first-order valence-corrected chi connectivity index (χ1v) is 3.16. The third-order valence-electron chi connectivity index (χ3n) is 0.596. The zero-order chi connectivity index (χ0) is 7.86. The van der Waals surface area contributed by atoms with Crippen LogP contribution in [0.25, 0.3) is 11.5 Å². The molecule has 0 atom stereocenters. The van der Waals surface area contributed by atoms with Crippen molar-refractivity contribution >= 4 is 16.4 Å². The molecule has 89 valence electrons. The minimum atomic E-state index is 0. The molecular formula is C8H29B2Li2N4. The van der Waals surface area contributed by atoms with Gasteiger partial charge in [0.15, 0.2) is 7.98 Å². The van der Waals surface area contributed by atoms with Crippen LogP contribution in [0.1, 0.15) is 42.5 Å². The Labute approximate surface area is 132 Å². The van der Waals surface area contributed by atoms with Gasteiger partial charge in [-0.2, -0.15) is 0 Å². The Morgan fingerprint density at radius 1 is 0.875 bits per heavy atom. The zero-order valence-electron chi connectivity index (χ0n) is 10.6. The second-order valence-corrected chi connectivity index (χ2v) is 2.34. The molecule has 0 saturated carbocycles. The van der Waals surface area contributed by atoms with Gasteiger partial charge in [-0.3, -0.25) is 0 Å². The largest absolute Gasteiger partial charge is 1.00 e. The van der Waals surface area contributed by atoms with Crippen molar-refractivity contribution in [1.29, 1.82) is 0 Å². The van der Waals surface area contributed by atoms with Crippen molar-refractivity contribution < 1.29 is 37.7 Å². The quantitative estimate of drug-likeness (QED) is 0.480. The van der Waals surface area contributed by atoms with Crippen molar-refractivity contribution in [3.63, 3.8) is 0 Å². The molecule has 0 aliphatic carbocycles. The molecule has 0 bridgehead atoms. The van der Waals surface area contributed by atoms with Crippen molar-refractivity contribution in [3.05, 3.63) is 11.5 Å². The van der Waals surface area contributed by atoms with Gasteiger partial charge >= 0.3 is 37.7 Å². The third kappa shape index (κ3) is 114. The maximum absolute atomic E-state index is 4.28. The summed E-state index contributed by atoms with van der Waals surface area (Å²) in [6, 6.07) is 1.000. The van der Waals surface area contributed by atoms with Crippen LogP contribution in [0.4, 0.5) is 0 Å². The molecule has 0 aromatic carbocycles. The minimum Gasteiger partial charge on any atom is -0.693 e. The Morgan fingerprint density at radius 3 is 1.00 bits per heavy atom. The number of hydrogen-bond acceptors (Lipinski definition) is 2. The van der Waals surface area contributed by atoms with E-state index >= 15 is 0 Å². The van der Waals surface area contributed by atoms with Gasteiger partial charge in [-0.15, -0.1) is 12.1 Å². The van der Waals surface area contributed by atoms with Crippen LogP contribution in [-0.4, -0.2) is 28.5 Å². The molecule has 0 spiro atoms. The van der Waals surface area contributed by atoms with Gasteiger partial charge in [0.2, 0.25) is 0 Å². The van der Waals surface area contributed by atoms with Crippen molar-refractivity contribution in [1.82, 2.24) is 6.15 Å². The predicted molar refractivity (Wildman–Crippen MR) is 73.1 cm³/mol. The molecular weight excluding hydrogens is 188 g/mol. The Balaban J connectivity index is -0.00000000738. The Kier molecular flexibility index (Phi) is 234. The van der Waals surface area contributed by atoms with Crippen LogP contribution in [0.3, 0.4) is 0 Å². The Hall–Kier alpha value is 1.16. The summed E-state index contributed by atoms with van der Waals surface area (Å²) in [5.41, 5.74) is 4.00. The normalized spacial score (nSPS) is 5.19. The second-order valence-electron chi connectivity index (χ2n) is 2.34. The monoisotopic (exact) mass is 217 g/mol. The molecule has 0 fully saturated rings. The van der Waals surface area contributed by atoms with E-state index in [4.69, 9.17) is 0 Å². The van der Waals surface area contributed by atoms with Crippen molar-refractivity contribution in [2.45, 2.75) is 54.6 Å². The van der Waals surface area contributed by atoms with E-state index in [2.05, 4.69) is 46.6 Å². The summed E-state index contributed by atoms with van der Waals surface area (Å²) < 4.78 is 0. The fraction of sp³-hybridized carbons (Fsp3) is 1.00. The van der Waals surface area contributed by atoms with E-state index in [1.54, 1.807) is 0 Å². The molecule has 0 aromatic rings. The summed E-state index contributed by atoms with van der Waals surface area (Å²) in [4.78, 5) is 0. The molecule has 16 heavy (non-hydrogen) atoms. The Morgan fingerprint density at radius 2 is 1.00 bits per heavy atom. The summed E-state index contributed by atoms with van der Waals surface area (Å²) in [5.74, 6) is 0. The molecule has 0 heterocycles. The van der Waals surface area contributed by atoms with Gasteiger partial charge in [-0.05, 0) is 0 Å². The molecule has 0 saturated heterocycles. The second kappa shape index (κ2) is 55.8. The molecule has 8 heteroatoms. The van der Waals surface area contributed by atoms with E-state index in [1.807, 2.05) is 0 Å². The minimum absolute atomic E-state index is 0. The molecule has 0 aromatic heterocycles. The molecule has 0 rings (SSSR count). The van der Waals surface area contributed by atoms with Crippen molar-refractivity contribution in [3.8, 4) is 0 Å². The van der Waals surface area contributed by atoms with Crippen LogP contribution in [-0.2, 0) is 0 Å². The molecule has 7 N–H and O–H groups in total. The summed E-state index contributed by atoms with van der Waals surface area (Å²) in [7, 11) is 4.00. The van der Waals surface area contributed by atoms with Gasteiger partial charge in [0.05, 0.1) is 0 Å². The summed E-state index contributed by atoms with van der Waals surface area (Å²) >= 11 is 0. The van der Waals surface area contributed by atoms with Crippen LogP contribution in [0.15, 0.2) is 0 Å². The summed E-state index contributed by atoms with van der Waals surface area (Å²) in [6.45, 7) is 8.39. The van der Waals surface area contributed by atoms with Gasteiger partial charge in [0, 0.05) is 8.41 Å². The fourth-order valence-corrected chi connectivity index (χ4v) is 0.596. The van der Waals surface area contributed by atoms with Gasteiger partial charge in [-0.1, -0.05) is 42.5 Å². The van der Waals surface area contributed by atoms with E-state index in [0.717, 1.165) is 0 Å². The fourth-order valence-electron chi connectivity index (χ4n) is 0.596. The van der Waals surface area contributed by atoms with E-state index in [-0.39, 0.29) is 73.3 Å². The van der Waals surface area contributed by atoms with Gasteiger partial charge in [-0.25, -0.2) is 0 Å². The maximum atomic E-state index is 4.28. The molecule has 4 nitrogen and oxygen atoms in total. The topological polar surface area (TPSA) is 109 Å². The number of nitrogens with two attached hydrogens (primary N) is 2. The van der Waals surface area contributed by atoms with Crippen LogP contribution >= 0.6 is 0 Å². The number of rotatable bonds is 2. The van der Waals surface area contributed by atoms with Crippen LogP contribution in [0.5, 0.6) is 0 Å². The first-order valence-electron chi connectivity index (χ1n) is 3.16. The van der Waals surface area contributed by atoms with Crippen molar-refractivity contribution in [2.75, 3.05) is 0 Å². The van der Waals surface area contributed by atoms with Crippen LogP contribution in [0, 0.1) is 0 Å². The van der Waals surface area contributed by atoms with E-state index in [0.29, 0.717) is 12.1 Å². The summed E-state index contributed by atoms with van der Waals surface area (Å²) in [6.07, 6.45) is 0. The van der Waals surface area contributed by atoms with E-state index in [9.17, 15) is 0 Å². The molecule has 0 aliphatic heterocycles. The smallest absolute Gasteiger partial charge is 0.693 e. The molecule has 0 aliphatic rings. The van der Waals surface area contributed by atoms with Crippen LogP contribution < -0.4 is 49.5 Å². The Bertz CT molecular complexity index is 57.3. The molecule has 0 unspecified atom stereocenters. The van der Waals surface area contributed by atoms with E-state index in [1.165, 1.54) is 0 Å².